The molecule has 0 bridgehead atoms. The molecule has 0 aliphatic heterocycles. The Hall–Kier alpha value is -2.78. The molecule has 4 unspecified atom stereocenters. The second-order valence-electron chi connectivity index (χ2n) is 15.6. The number of esters is 4. The van der Waals surface area contributed by atoms with Crippen LogP contribution in [-0.2, 0) is 42.9 Å². The van der Waals surface area contributed by atoms with Crippen LogP contribution in [0.3, 0.4) is 0 Å². The highest BCUT2D eigenvalue weighted by molar-refractivity contribution is 6.79. The molecular formula is C34H54F12O9Si. The molecule has 0 saturated heterocycles. The topological polar surface area (TPSA) is 114 Å². The molecule has 0 amide bonds. The summed E-state index contributed by atoms with van der Waals surface area (Å²) < 4.78 is 183. The number of rotatable bonds is 18. The largest absolute Gasteiger partial charge is 0.469 e. The van der Waals surface area contributed by atoms with Crippen molar-refractivity contribution < 1.29 is 95.5 Å². The Kier molecular flexibility index (Phi) is 20.0. The van der Waals surface area contributed by atoms with E-state index in [0.29, 0.717) is 13.3 Å². The van der Waals surface area contributed by atoms with Crippen molar-refractivity contribution in [2.45, 2.75) is 161 Å². The maximum Gasteiger partial charge on any atom is 0.434 e. The zero-order valence-corrected chi connectivity index (χ0v) is 34.6. The minimum absolute atomic E-state index is 0.0291. The summed E-state index contributed by atoms with van der Waals surface area (Å²) in [6.45, 7) is 19.1. The van der Waals surface area contributed by atoms with Crippen LogP contribution in [0.25, 0.3) is 0 Å². The molecule has 0 spiro atoms. The number of carbonyl (C=O) groups excluding carboxylic acids is 4. The standard InChI is InChI=1S/C32H48F12O9Si.C2H6/c1-17(21(46)51-23(29(33,34)35)30(36,37)38)20(22(47)52-24(31(39,40)41)32(42,43)44)16-28(7,53-18(2)45)15-19(14-26(3,4)25(48)49-8)50-13-12-27(5,6)54(9,10)11;1-2/h17,19-20,23-24H,12-16H2,1-11H3;1-2H3. The first kappa shape index (κ1) is 55.3. The van der Waals surface area contributed by atoms with Crippen LogP contribution >= 0.6 is 0 Å². The summed E-state index contributed by atoms with van der Waals surface area (Å²) in [6.07, 6.45) is -38.0. The number of ether oxygens (including phenoxy) is 5. The van der Waals surface area contributed by atoms with Crippen molar-refractivity contribution in [3.05, 3.63) is 0 Å². The third-order valence-electron chi connectivity index (χ3n) is 9.22. The normalized spacial score (nSPS) is 16.2. The van der Waals surface area contributed by atoms with Crippen molar-refractivity contribution in [1.29, 1.82) is 0 Å². The lowest BCUT2D eigenvalue weighted by Crippen LogP contribution is -2.50. The Bertz CT molecular complexity index is 1260. The van der Waals surface area contributed by atoms with Crippen molar-refractivity contribution in [2.24, 2.45) is 17.3 Å². The number of hydrogen-bond donors (Lipinski definition) is 0. The summed E-state index contributed by atoms with van der Waals surface area (Å²) in [5.74, 6) is -12.5. The van der Waals surface area contributed by atoms with Gasteiger partial charge in [0.15, 0.2) is 0 Å². The lowest BCUT2D eigenvalue weighted by Gasteiger charge is -2.40. The molecule has 22 heteroatoms. The van der Waals surface area contributed by atoms with Crippen molar-refractivity contribution >= 4 is 32.0 Å². The molecule has 0 aromatic heterocycles. The molecule has 0 radical (unpaired) electrons. The summed E-state index contributed by atoms with van der Waals surface area (Å²) in [6, 6.07) is 0. The number of methoxy groups -OCH3 is 1. The van der Waals surface area contributed by atoms with Crippen LogP contribution in [0.5, 0.6) is 0 Å². The molecule has 0 saturated carbocycles. The molecule has 332 valence electrons. The number of halogens is 12. The molecule has 56 heavy (non-hydrogen) atoms. The zero-order chi connectivity index (χ0) is 45.3. The van der Waals surface area contributed by atoms with Crippen LogP contribution in [0.2, 0.25) is 24.7 Å². The van der Waals surface area contributed by atoms with Crippen molar-refractivity contribution in [1.82, 2.24) is 0 Å². The molecule has 0 aromatic rings. The third kappa shape index (κ3) is 17.8. The van der Waals surface area contributed by atoms with Crippen LogP contribution < -0.4 is 0 Å². The maximum absolute atomic E-state index is 13.4. The second kappa shape index (κ2) is 20.3. The first-order valence-electron chi connectivity index (χ1n) is 17.3. The average molecular weight is 863 g/mol. The fraction of sp³-hybridized carbons (Fsp3) is 0.882. The average Bonchev–Trinajstić information content (AvgIpc) is 2.97. The minimum Gasteiger partial charge on any atom is -0.469 e. The van der Waals surface area contributed by atoms with Gasteiger partial charge in [-0.25, -0.2) is 0 Å². The van der Waals surface area contributed by atoms with E-state index in [2.05, 4.69) is 29.1 Å². The van der Waals surface area contributed by atoms with E-state index in [4.69, 9.17) is 14.2 Å². The Labute approximate surface area is 319 Å². The third-order valence-corrected chi connectivity index (χ3v) is 13.5. The number of hydrogen-bond acceptors (Lipinski definition) is 9. The van der Waals surface area contributed by atoms with Gasteiger partial charge in [-0.15, -0.1) is 0 Å². The molecule has 0 aliphatic carbocycles. The molecule has 0 N–H and O–H groups in total. The SMILES string of the molecule is CC.COC(=O)C(C)(C)CC(CC(C)(CC(C(=O)OC(C(F)(F)F)C(F)(F)F)C(C)C(=O)OC(C(F)(F)F)C(F)(F)F)OC(C)=O)OCCC(C)(C)[Si](C)(C)C. The molecule has 9 nitrogen and oxygen atoms in total. The van der Waals surface area contributed by atoms with E-state index >= 15 is 0 Å². The van der Waals surface area contributed by atoms with Crippen molar-refractivity contribution in [2.75, 3.05) is 13.7 Å². The second-order valence-corrected chi connectivity index (χ2v) is 21.5. The van der Waals surface area contributed by atoms with E-state index in [1.165, 1.54) is 13.8 Å². The molecular weight excluding hydrogens is 808 g/mol. The van der Waals surface area contributed by atoms with Gasteiger partial charge in [-0.3, -0.25) is 19.2 Å². The lowest BCUT2D eigenvalue weighted by atomic mass is 9.78. The molecule has 4 atom stereocenters. The number of carbonyl (C=O) groups is 4. The first-order valence-corrected chi connectivity index (χ1v) is 20.8. The number of alkyl halides is 12. The van der Waals surface area contributed by atoms with E-state index in [0.717, 1.165) is 21.0 Å². The Morgan fingerprint density at radius 1 is 0.643 bits per heavy atom. The Morgan fingerprint density at radius 2 is 1.04 bits per heavy atom. The molecule has 0 heterocycles. The van der Waals surface area contributed by atoms with Crippen LogP contribution in [0, 0.1) is 17.3 Å². The van der Waals surface area contributed by atoms with Gasteiger partial charge in [-0.2, -0.15) is 52.7 Å². The highest BCUT2D eigenvalue weighted by atomic mass is 28.3. The van der Waals surface area contributed by atoms with E-state index in [9.17, 15) is 71.9 Å². The summed E-state index contributed by atoms with van der Waals surface area (Å²) in [5, 5.41) is -0.266. The fourth-order valence-corrected chi connectivity index (χ4v) is 5.98. The minimum atomic E-state index is -6.33. The Balaban J connectivity index is 0. The van der Waals surface area contributed by atoms with Crippen molar-refractivity contribution in [3.8, 4) is 0 Å². The monoisotopic (exact) mass is 862 g/mol. The van der Waals surface area contributed by atoms with Gasteiger partial charge >= 0.3 is 48.6 Å². The van der Waals surface area contributed by atoms with E-state index < -0.39 is 111 Å². The van der Waals surface area contributed by atoms with Crippen molar-refractivity contribution in [3.63, 3.8) is 0 Å². The lowest BCUT2D eigenvalue weighted by molar-refractivity contribution is -0.317. The predicted octanol–water partition coefficient (Wildman–Crippen LogP) is 9.92. The Morgan fingerprint density at radius 3 is 1.38 bits per heavy atom. The summed E-state index contributed by atoms with van der Waals surface area (Å²) in [4.78, 5) is 50.8. The smallest absolute Gasteiger partial charge is 0.434 e. The first-order chi connectivity index (χ1) is 24.7. The van der Waals surface area contributed by atoms with Gasteiger partial charge in [0.05, 0.1) is 30.5 Å². The summed E-state index contributed by atoms with van der Waals surface area (Å²) in [5.41, 5.74) is -3.67. The molecule has 0 aliphatic rings. The van der Waals surface area contributed by atoms with Crippen LogP contribution in [0.1, 0.15) is 88.0 Å². The van der Waals surface area contributed by atoms with Crippen LogP contribution in [-0.4, -0.2) is 94.3 Å². The summed E-state index contributed by atoms with van der Waals surface area (Å²) >= 11 is 0. The summed E-state index contributed by atoms with van der Waals surface area (Å²) in [7, 11) is -0.787. The highest BCUT2D eigenvalue weighted by Crippen LogP contribution is 2.43. The van der Waals surface area contributed by atoms with Gasteiger partial charge in [0.25, 0.3) is 12.2 Å². The van der Waals surface area contributed by atoms with Gasteiger partial charge in [0.1, 0.15) is 5.60 Å². The predicted molar refractivity (Wildman–Crippen MR) is 180 cm³/mol. The fourth-order valence-electron chi connectivity index (χ4n) is 5.13. The molecule has 0 rings (SSSR count). The van der Waals surface area contributed by atoms with Crippen LogP contribution in [0.15, 0.2) is 0 Å². The highest BCUT2D eigenvalue weighted by Gasteiger charge is 2.62. The van der Waals surface area contributed by atoms with Gasteiger partial charge in [0, 0.05) is 34.4 Å². The van der Waals surface area contributed by atoms with E-state index in [-0.39, 0.29) is 18.1 Å². The molecule has 0 fully saturated rings. The van der Waals surface area contributed by atoms with Gasteiger partial charge in [-0.1, -0.05) is 54.3 Å². The van der Waals surface area contributed by atoms with E-state index in [1.54, 1.807) is 0 Å². The van der Waals surface area contributed by atoms with E-state index in [1.807, 2.05) is 27.7 Å². The quantitative estimate of drug-likeness (QED) is 0.0575. The molecule has 0 aromatic carbocycles. The maximum atomic E-state index is 13.4. The van der Waals surface area contributed by atoms with Gasteiger partial charge in [0.2, 0.25) is 0 Å². The van der Waals surface area contributed by atoms with Gasteiger partial charge in [-0.05, 0) is 38.7 Å². The zero-order valence-electron chi connectivity index (χ0n) is 33.6. The van der Waals surface area contributed by atoms with Gasteiger partial charge < -0.3 is 23.7 Å². The van der Waals surface area contributed by atoms with Crippen LogP contribution in [0.4, 0.5) is 52.7 Å².